The lowest BCUT2D eigenvalue weighted by molar-refractivity contribution is -0.120. The lowest BCUT2D eigenvalue weighted by Gasteiger charge is -2.19. The third kappa shape index (κ3) is 5.28. The maximum atomic E-state index is 14.1. The van der Waals surface area contributed by atoms with Gasteiger partial charge in [-0.3, -0.25) is 9.59 Å². The molecule has 8 heteroatoms. The molecule has 1 aromatic heterocycles. The topological polar surface area (TPSA) is 84.2 Å². The molecule has 0 bridgehead atoms. The smallest absolute Gasteiger partial charge is 0.273 e. The fourth-order valence-electron chi connectivity index (χ4n) is 3.00. The lowest BCUT2D eigenvalue weighted by Crippen LogP contribution is -2.39. The van der Waals surface area contributed by atoms with Crippen LogP contribution >= 0.6 is 0 Å². The van der Waals surface area contributed by atoms with Gasteiger partial charge in [-0.1, -0.05) is 54.9 Å². The second kappa shape index (κ2) is 9.78. The number of hydrogen-bond acceptors (Lipinski definition) is 4. The van der Waals surface area contributed by atoms with Crippen molar-refractivity contribution in [2.75, 3.05) is 6.54 Å². The van der Waals surface area contributed by atoms with E-state index in [1.165, 1.54) is 12.1 Å². The minimum absolute atomic E-state index is 0.0383. The number of nitrogens with zero attached hydrogens (tertiary/aromatic N) is 1. The van der Waals surface area contributed by atoms with Crippen LogP contribution < -0.4 is 10.6 Å². The third-order valence-corrected chi connectivity index (χ3v) is 4.46. The van der Waals surface area contributed by atoms with Crippen LogP contribution in [0.15, 0.2) is 59.1 Å². The van der Waals surface area contributed by atoms with Crippen LogP contribution in [0.5, 0.6) is 0 Å². The number of halogens is 2. The summed E-state index contributed by atoms with van der Waals surface area (Å²) >= 11 is 0. The maximum absolute atomic E-state index is 14.1. The standard InChI is InChI=1S/C22H21F2N3O3/c1-2-6-18(16-10-9-15(23)11-17(16)24)26-21(28)13-25-22(29)19-12-20(30-27-19)14-7-4-3-5-8-14/h3-5,7-12,18H,2,6,13H2,1H3,(H,25,29)(H,26,28)/t18-/m1/s1. The van der Waals surface area contributed by atoms with Crippen LogP contribution in [0.1, 0.15) is 41.9 Å². The molecule has 0 radical (unpaired) electrons. The quantitative estimate of drug-likeness (QED) is 0.585. The van der Waals surface area contributed by atoms with E-state index in [0.29, 0.717) is 18.6 Å². The van der Waals surface area contributed by atoms with Crippen molar-refractivity contribution < 1.29 is 22.9 Å². The molecule has 0 aliphatic carbocycles. The Balaban J connectivity index is 1.59. The summed E-state index contributed by atoms with van der Waals surface area (Å²) in [5, 5.41) is 8.86. The molecule has 0 unspecified atom stereocenters. The molecule has 0 spiro atoms. The molecule has 30 heavy (non-hydrogen) atoms. The molecular weight excluding hydrogens is 392 g/mol. The largest absolute Gasteiger partial charge is 0.355 e. The zero-order valence-corrected chi connectivity index (χ0v) is 16.3. The predicted octanol–water partition coefficient (Wildman–Crippen LogP) is 4.01. The minimum Gasteiger partial charge on any atom is -0.355 e. The Bertz CT molecular complexity index is 1020. The molecule has 0 saturated heterocycles. The van der Waals surface area contributed by atoms with Gasteiger partial charge < -0.3 is 15.2 Å². The maximum Gasteiger partial charge on any atom is 0.273 e. The summed E-state index contributed by atoms with van der Waals surface area (Å²) in [6.07, 6.45) is 1.14. The van der Waals surface area contributed by atoms with E-state index < -0.39 is 29.5 Å². The second-order valence-electron chi connectivity index (χ2n) is 6.70. The summed E-state index contributed by atoms with van der Waals surface area (Å²) < 4.78 is 32.4. The zero-order chi connectivity index (χ0) is 21.5. The van der Waals surface area contributed by atoms with Gasteiger partial charge in [-0.05, 0) is 12.5 Å². The average Bonchev–Trinajstić information content (AvgIpc) is 3.23. The van der Waals surface area contributed by atoms with Crippen LogP contribution in [0.4, 0.5) is 8.78 Å². The molecule has 1 heterocycles. The van der Waals surface area contributed by atoms with Gasteiger partial charge >= 0.3 is 0 Å². The number of benzene rings is 2. The van der Waals surface area contributed by atoms with Crippen molar-refractivity contribution in [3.63, 3.8) is 0 Å². The summed E-state index contributed by atoms with van der Waals surface area (Å²) in [6.45, 7) is 1.56. The van der Waals surface area contributed by atoms with E-state index in [9.17, 15) is 18.4 Å². The molecule has 0 fully saturated rings. The van der Waals surface area contributed by atoms with E-state index in [-0.39, 0.29) is 17.8 Å². The second-order valence-corrected chi connectivity index (χ2v) is 6.70. The van der Waals surface area contributed by atoms with Gasteiger partial charge in [0.15, 0.2) is 11.5 Å². The number of nitrogens with one attached hydrogen (secondary N) is 2. The van der Waals surface area contributed by atoms with Crippen molar-refractivity contribution in [1.29, 1.82) is 0 Å². The number of amides is 2. The van der Waals surface area contributed by atoms with Gasteiger partial charge in [-0.2, -0.15) is 0 Å². The van der Waals surface area contributed by atoms with E-state index in [4.69, 9.17) is 4.52 Å². The normalized spacial score (nSPS) is 11.7. The van der Waals surface area contributed by atoms with Crippen molar-refractivity contribution in [2.24, 2.45) is 0 Å². The summed E-state index contributed by atoms with van der Waals surface area (Å²) in [5.41, 5.74) is 1.00. The zero-order valence-electron chi connectivity index (χ0n) is 16.3. The predicted molar refractivity (Wildman–Crippen MR) is 106 cm³/mol. The summed E-state index contributed by atoms with van der Waals surface area (Å²) in [6, 6.07) is 13.2. The number of aromatic nitrogens is 1. The highest BCUT2D eigenvalue weighted by molar-refractivity contribution is 5.95. The van der Waals surface area contributed by atoms with Gasteiger partial charge in [0.2, 0.25) is 5.91 Å². The Kier molecular flexibility index (Phi) is 6.90. The highest BCUT2D eigenvalue weighted by Gasteiger charge is 2.19. The first kappa shape index (κ1) is 21.2. The van der Waals surface area contributed by atoms with E-state index in [1.807, 2.05) is 37.3 Å². The van der Waals surface area contributed by atoms with Gasteiger partial charge in [0.25, 0.3) is 5.91 Å². The molecule has 156 valence electrons. The molecule has 3 aromatic rings. The van der Waals surface area contributed by atoms with Gasteiger partial charge in [-0.25, -0.2) is 8.78 Å². The fourth-order valence-corrected chi connectivity index (χ4v) is 3.00. The molecule has 2 amide bonds. The molecule has 2 N–H and O–H groups in total. The van der Waals surface area contributed by atoms with E-state index in [1.54, 1.807) is 0 Å². The SMILES string of the molecule is CCC[C@@H](NC(=O)CNC(=O)c1cc(-c2ccccc2)on1)c1ccc(F)cc1F. The van der Waals surface area contributed by atoms with Gasteiger partial charge in [-0.15, -0.1) is 0 Å². The highest BCUT2D eigenvalue weighted by atomic mass is 19.1. The van der Waals surface area contributed by atoms with Crippen LogP contribution in [-0.2, 0) is 4.79 Å². The Hall–Kier alpha value is -3.55. The molecule has 0 aliphatic heterocycles. The monoisotopic (exact) mass is 413 g/mol. The average molecular weight is 413 g/mol. The van der Waals surface area contributed by atoms with Crippen molar-refractivity contribution in [2.45, 2.75) is 25.8 Å². The first-order chi connectivity index (χ1) is 14.5. The van der Waals surface area contributed by atoms with Crippen LogP contribution in [0, 0.1) is 11.6 Å². The molecule has 0 aliphatic rings. The number of rotatable bonds is 8. The summed E-state index contributed by atoms with van der Waals surface area (Å²) in [4.78, 5) is 24.5. The molecular formula is C22H21F2N3O3. The lowest BCUT2D eigenvalue weighted by atomic mass is 10.0. The van der Waals surface area contributed by atoms with E-state index >= 15 is 0 Å². The van der Waals surface area contributed by atoms with Crippen molar-refractivity contribution >= 4 is 11.8 Å². The van der Waals surface area contributed by atoms with Crippen molar-refractivity contribution in [3.05, 3.63) is 77.5 Å². The summed E-state index contributed by atoms with van der Waals surface area (Å²) in [5.74, 6) is -2.06. The Morgan fingerprint density at radius 3 is 2.57 bits per heavy atom. The first-order valence-electron chi connectivity index (χ1n) is 9.52. The minimum atomic E-state index is -0.728. The number of carbonyl (C=O) groups is 2. The van der Waals surface area contributed by atoms with Crippen LogP contribution in [0.3, 0.4) is 0 Å². The third-order valence-electron chi connectivity index (χ3n) is 4.46. The number of hydrogen-bond donors (Lipinski definition) is 2. The van der Waals surface area contributed by atoms with E-state index in [0.717, 1.165) is 17.7 Å². The Labute approximate surface area is 172 Å². The summed E-state index contributed by atoms with van der Waals surface area (Å²) in [7, 11) is 0. The van der Waals surface area contributed by atoms with E-state index in [2.05, 4.69) is 15.8 Å². The Morgan fingerprint density at radius 2 is 1.87 bits per heavy atom. The van der Waals surface area contributed by atoms with Gasteiger partial charge in [0, 0.05) is 23.3 Å². The molecule has 1 atom stereocenters. The van der Waals surface area contributed by atoms with Crippen molar-refractivity contribution in [3.8, 4) is 11.3 Å². The molecule has 6 nitrogen and oxygen atoms in total. The van der Waals surface area contributed by atoms with Gasteiger partial charge in [0.05, 0.1) is 12.6 Å². The first-order valence-corrected chi connectivity index (χ1v) is 9.52. The van der Waals surface area contributed by atoms with Crippen LogP contribution in [0.2, 0.25) is 0 Å². The van der Waals surface area contributed by atoms with Crippen molar-refractivity contribution in [1.82, 2.24) is 15.8 Å². The van der Waals surface area contributed by atoms with Crippen LogP contribution in [-0.4, -0.2) is 23.5 Å². The fraction of sp³-hybridized carbons (Fsp3) is 0.227. The van der Waals surface area contributed by atoms with Crippen LogP contribution in [0.25, 0.3) is 11.3 Å². The Morgan fingerprint density at radius 1 is 1.10 bits per heavy atom. The highest BCUT2D eigenvalue weighted by Crippen LogP contribution is 2.22. The van der Waals surface area contributed by atoms with Gasteiger partial charge in [0.1, 0.15) is 11.6 Å². The molecule has 3 rings (SSSR count). The number of carbonyl (C=O) groups excluding carboxylic acids is 2. The molecule has 0 saturated carbocycles. The molecule has 2 aromatic carbocycles.